The fourth-order valence-electron chi connectivity index (χ4n) is 3.86. The minimum absolute atomic E-state index is 0.226. The highest BCUT2D eigenvalue weighted by Gasteiger charge is 2.35. The third-order valence-electron chi connectivity index (χ3n) is 5.63. The Morgan fingerprint density at radius 3 is 2.50 bits per heavy atom. The fourth-order valence-corrected chi connectivity index (χ4v) is 4.98. The van der Waals surface area contributed by atoms with Crippen LogP contribution >= 0.6 is 23.4 Å². The topological polar surface area (TPSA) is 69.0 Å². The molecule has 0 saturated carbocycles. The predicted molar refractivity (Wildman–Crippen MR) is 137 cm³/mol. The van der Waals surface area contributed by atoms with Gasteiger partial charge in [0.25, 0.3) is 0 Å². The van der Waals surface area contributed by atoms with Crippen molar-refractivity contribution in [3.8, 4) is 0 Å². The van der Waals surface area contributed by atoms with E-state index in [9.17, 15) is 4.79 Å². The molecule has 0 amide bonds. The Labute approximate surface area is 209 Å². The van der Waals surface area contributed by atoms with Gasteiger partial charge in [-0.25, -0.2) is 9.48 Å². The molecule has 2 heterocycles. The highest BCUT2D eigenvalue weighted by molar-refractivity contribution is 7.98. The number of thioether (sulfide) groups is 1. The standard InChI is InChI=1S/C26H29ClN4O2S/c1-15(2)18-10-12-19(13-11-18)23-22(24(32)33-16(3)4)17(5)28-25-29-26(30-31(23)25)34-14-20-8-6-7-9-21(20)27/h6-13,15-16,23H,14H2,1-5H3,(H,28,29,30). The molecule has 0 aliphatic carbocycles. The van der Waals surface area contributed by atoms with Crippen LogP contribution in [0.4, 0.5) is 5.95 Å². The number of rotatable bonds is 7. The Hall–Kier alpha value is -2.77. The molecule has 0 spiro atoms. The van der Waals surface area contributed by atoms with Gasteiger partial charge in [0.05, 0.1) is 11.7 Å². The van der Waals surface area contributed by atoms with E-state index in [1.54, 1.807) is 4.68 Å². The number of hydrogen-bond acceptors (Lipinski definition) is 6. The van der Waals surface area contributed by atoms with Gasteiger partial charge in [0, 0.05) is 16.5 Å². The Morgan fingerprint density at radius 2 is 1.85 bits per heavy atom. The lowest BCUT2D eigenvalue weighted by molar-refractivity contribution is -0.143. The SMILES string of the molecule is CC1=C(C(=O)OC(C)C)C(c2ccc(C(C)C)cc2)n2nc(SCc3ccccc3Cl)nc2N1. The van der Waals surface area contributed by atoms with E-state index in [0.717, 1.165) is 16.1 Å². The zero-order chi connectivity index (χ0) is 24.4. The molecule has 1 aliphatic heterocycles. The maximum atomic E-state index is 13.1. The molecule has 1 unspecified atom stereocenters. The molecule has 34 heavy (non-hydrogen) atoms. The van der Waals surface area contributed by atoms with Crippen LogP contribution in [-0.2, 0) is 15.3 Å². The maximum Gasteiger partial charge on any atom is 0.338 e. The lowest BCUT2D eigenvalue weighted by atomic mass is 9.93. The number of fused-ring (bicyclic) bond motifs is 1. The summed E-state index contributed by atoms with van der Waals surface area (Å²) in [4.78, 5) is 17.8. The van der Waals surface area contributed by atoms with Crippen LogP contribution < -0.4 is 5.32 Å². The average Bonchev–Trinajstić information content (AvgIpc) is 3.19. The Morgan fingerprint density at radius 1 is 1.15 bits per heavy atom. The number of anilines is 1. The molecule has 0 fully saturated rings. The van der Waals surface area contributed by atoms with Crippen LogP contribution in [-0.4, -0.2) is 26.8 Å². The van der Waals surface area contributed by atoms with Crippen molar-refractivity contribution >= 4 is 35.3 Å². The van der Waals surface area contributed by atoms with E-state index in [1.165, 1.54) is 17.3 Å². The number of nitrogens with zero attached hydrogens (tertiary/aromatic N) is 3. The molecule has 8 heteroatoms. The molecule has 0 bridgehead atoms. The number of esters is 1. The second-order valence-electron chi connectivity index (χ2n) is 8.88. The third kappa shape index (κ3) is 5.15. The number of ether oxygens (including phenoxy) is 1. The predicted octanol–water partition coefficient (Wildman–Crippen LogP) is 6.59. The molecule has 1 aliphatic rings. The quantitative estimate of drug-likeness (QED) is 0.294. The van der Waals surface area contributed by atoms with Crippen LogP contribution in [0.5, 0.6) is 0 Å². The summed E-state index contributed by atoms with van der Waals surface area (Å²) in [5.74, 6) is 1.30. The molecule has 3 aromatic rings. The molecule has 0 saturated heterocycles. The molecule has 178 valence electrons. The van der Waals surface area contributed by atoms with Crippen molar-refractivity contribution in [2.45, 2.75) is 63.6 Å². The van der Waals surface area contributed by atoms with Gasteiger partial charge in [0.15, 0.2) is 0 Å². The third-order valence-corrected chi connectivity index (χ3v) is 6.88. The van der Waals surface area contributed by atoms with Crippen molar-refractivity contribution in [3.05, 3.63) is 81.5 Å². The first-order valence-electron chi connectivity index (χ1n) is 11.4. The number of allylic oxidation sites excluding steroid dienone is 1. The van der Waals surface area contributed by atoms with Gasteiger partial charge in [-0.15, -0.1) is 5.10 Å². The fraction of sp³-hybridized carbons (Fsp3) is 0.346. The summed E-state index contributed by atoms with van der Waals surface area (Å²) in [6.45, 7) is 9.89. The Balaban J connectivity index is 1.70. The van der Waals surface area contributed by atoms with Gasteiger partial charge in [-0.3, -0.25) is 0 Å². The van der Waals surface area contributed by atoms with Crippen molar-refractivity contribution in [2.24, 2.45) is 0 Å². The van der Waals surface area contributed by atoms with Crippen molar-refractivity contribution in [1.82, 2.24) is 14.8 Å². The average molecular weight is 497 g/mol. The van der Waals surface area contributed by atoms with E-state index in [1.807, 2.05) is 45.0 Å². The highest BCUT2D eigenvalue weighted by Crippen LogP contribution is 2.37. The summed E-state index contributed by atoms with van der Waals surface area (Å²) >= 11 is 7.82. The van der Waals surface area contributed by atoms with E-state index in [4.69, 9.17) is 26.4 Å². The van der Waals surface area contributed by atoms with Crippen LogP contribution in [0.25, 0.3) is 0 Å². The van der Waals surface area contributed by atoms with Crippen LogP contribution in [0.3, 0.4) is 0 Å². The number of carbonyl (C=O) groups is 1. The van der Waals surface area contributed by atoms with Crippen molar-refractivity contribution in [2.75, 3.05) is 5.32 Å². The number of carbonyl (C=O) groups excluding carboxylic acids is 1. The molecule has 0 radical (unpaired) electrons. The lowest BCUT2D eigenvalue weighted by Crippen LogP contribution is -2.30. The van der Waals surface area contributed by atoms with E-state index >= 15 is 0 Å². The smallest absolute Gasteiger partial charge is 0.338 e. The first-order valence-corrected chi connectivity index (χ1v) is 12.7. The summed E-state index contributed by atoms with van der Waals surface area (Å²) in [6, 6.07) is 15.6. The number of benzene rings is 2. The highest BCUT2D eigenvalue weighted by atomic mass is 35.5. The summed E-state index contributed by atoms with van der Waals surface area (Å²) in [5.41, 5.74) is 4.46. The number of aromatic nitrogens is 3. The van der Waals surface area contributed by atoms with E-state index in [2.05, 4.69) is 43.4 Å². The molecule has 1 atom stereocenters. The first kappa shape index (κ1) is 24.4. The number of nitrogens with one attached hydrogen (secondary N) is 1. The van der Waals surface area contributed by atoms with Crippen LogP contribution in [0.2, 0.25) is 5.02 Å². The van der Waals surface area contributed by atoms with Gasteiger partial charge >= 0.3 is 5.97 Å². The zero-order valence-electron chi connectivity index (χ0n) is 20.0. The Bertz CT molecular complexity index is 1220. The van der Waals surface area contributed by atoms with Gasteiger partial charge in [-0.2, -0.15) is 4.98 Å². The minimum Gasteiger partial charge on any atom is -0.459 e. The molecule has 4 rings (SSSR count). The zero-order valence-corrected chi connectivity index (χ0v) is 21.6. The summed E-state index contributed by atoms with van der Waals surface area (Å²) in [7, 11) is 0. The van der Waals surface area contributed by atoms with E-state index < -0.39 is 6.04 Å². The van der Waals surface area contributed by atoms with Crippen LogP contribution in [0.15, 0.2) is 65.0 Å². The van der Waals surface area contributed by atoms with Crippen molar-refractivity contribution < 1.29 is 9.53 Å². The summed E-state index contributed by atoms with van der Waals surface area (Å²) in [5, 5.41) is 9.36. The first-order chi connectivity index (χ1) is 16.2. The molecule has 6 nitrogen and oxygen atoms in total. The monoisotopic (exact) mass is 496 g/mol. The van der Waals surface area contributed by atoms with Crippen molar-refractivity contribution in [1.29, 1.82) is 0 Å². The molecule has 2 aromatic carbocycles. The second kappa shape index (κ2) is 10.2. The van der Waals surface area contributed by atoms with Crippen molar-refractivity contribution in [3.63, 3.8) is 0 Å². The van der Waals surface area contributed by atoms with E-state index in [0.29, 0.717) is 34.0 Å². The van der Waals surface area contributed by atoms with Gasteiger partial charge in [-0.1, -0.05) is 79.7 Å². The van der Waals surface area contributed by atoms with Crippen LogP contribution in [0.1, 0.15) is 63.3 Å². The normalized spacial score (nSPS) is 15.5. The summed E-state index contributed by atoms with van der Waals surface area (Å²) in [6.07, 6.45) is -0.226. The molecule has 1 aromatic heterocycles. The van der Waals surface area contributed by atoms with Gasteiger partial charge < -0.3 is 10.1 Å². The number of halogens is 1. The number of hydrogen-bond donors (Lipinski definition) is 1. The van der Waals surface area contributed by atoms with Gasteiger partial charge in [0.1, 0.15) is 6.04 Å². The lowest BCUT2D eigenvalue weighted by Gasteiger charge is -2.28. The van der Waals surface area contributed by atoms with Crippen LogP contribution in [0, 0.1) is 0 Å². The van der Waals surface area contributed by atoms with Gasteiger partial charge in [0.2, 0.25) is 11.1 Å². The van der Waals surface area contributed by atoms with E-state index in [-0.39, 0.29) is 12.1 Å². The Kier molecular flexibility index (Phi) is 7.33. The molecule has 1 N–H and O–H groups in total. The maximum absolute atomic E-state index is 13.1. The second-order valence-corrected chi connectivity index (χ2v) is 10.2. The molecular weight excluding hydrogens is 468 g/mol. The summed E-state index contributed by atoms with van der Waals surface area (Å²) < 4.78 is 7.38. The van der Waals surface area contributed by atoms with Gasteiger partial charge in [-0.05, 0) is 49.4 Å². The molecular formula is C26H29ClN4O2S. The largest absolute Gasteiger partial charge is 0.459 e. The minimum atomic E-state index is -0.439.